The number of hydrogen-bond acceptors (Lipinski definition) is 5. The third kappa shape index (κ3) is 4.79. The number of halogens is 1. The van der Waals surface area contributed by atoms with Crippen LogP contribution in [0.3, 0.4) is 0 Å². The third-order valence-corrected chi connectivity index (χ3v) is 5.23. The van der Waals surface area contributed by atoms with E-state index in [1.165, 1.54) is 0 Å². The highest BCUT2D eigenvalue weighted by atomic mass is 35.5. The summed E-state index contributed by atoms with van der Waals surface area (Å²) in [6.45, 7) is 10.6. The zero-order valence-electron chi connectivity index (χ0n) is 17.3. The van der Waals surface area contributed by atoms with Gasteiger partial charge in [0.15, 0.2) is 5.69 Å². The number of benzene rings is 1. The molecular weight excluding hydrogens is 392 g/mol. The number of ether oxygens (including phenoxy) is 1. The van der Waals surface area contributed by atoms with E-state index in [1.54, 1.807) is 11.6 Å². The molecule has 1 amide bonds. The van der Waals surface area contributed by atoms with Crippen LogP contribution in [0.1, 0.15) is 44.3 Å². The summed E-state index contributed by atoms with van der Waals surface area (Å²) in [6, 6.07) is 5.98. The first-order valence-corrected chi connectivity index (χ1v) is 9.78. The SMILES string of the molecule is Cc1cc(C)cc(OCc2c(C(=O)NCCn3nc(C)c(Cl)c3C)noc2C)c1. The van der Waals surface area contributed by atoms with Crippen molar-refractivity contribution in [3.63, 3.8) is 0 Å². The first-order chi connectivity index (χ1) is 13.8. The Bertz CT molecular complexity index is 1020. The summed E-state index contributed by atoms with van der Waals surface area (Å²) >= 11 is 6.16. The fourth-order valence-corrected chi connectivity index (χ4v) is 3.30. The van der Waals surface area contributed by atoms with Gasteiger partial charge in [-0.3, -0.25) is 9.48 Å². The van der Waals surface area contributed by atoms with E-state index in [2.05, 4.69) is 21.6 Å². The molecule has 0 spiro atoms. The molecule has 2 aromatic heterocycles. The van der Waals surface area contributed by atoms with Crippen LogP contribution < -0.4 is 10.1 Å². The minimum atomic E-state index is -0.312. The Balaban J connectivity index is 1.63. The van der Waals surface area contributed by atoms with Crippen LogP contribution in [0.4, 0.5) is 0 Å². The van der Waals surface area contributed by atoms with Crippen molar-refractivity contribution < 1.29 is 14.1 Å². The van der Waals surface area contributed by atoms with E-state index in [0.717, 1.165) is 28.3 Å². The lowest BCUT2D eigenvalue weighted by molar-refractivity contribution is 0.0940. The number of amides is 1. The smallest absolute Gasteiger partial charge is 0.273 e. The molecule has 0 aliphatic heterocycles. The van der Waals surface area contributed by atoms with E-state index in [1.807, 2.05) is 39.8 Å². The number of carbonyl (C=O) groups excluding carboxylic acids is 1. The highest BCUT2D eigenvalue weighted by Crippen LogP contribution is 2.21. The van der Waals surface area contributed by atoms with Crippen LogP contribution in [-0.2, 0) is 13.2 Å². The number of hydrogen-bond donors (Lipinski definition) is 1. The Kier molecular flexibility index (Phi) is 6.27. The molecule has 0 atom stereocenters. The highest BCUT2D eigenvalue weighted by molar-refractivity contribution is 6.31. The molecule has 0 aliphatic carbocycles. The minimum Gasteiger partial charge on any atom is -0.489 e. The molecule has 1 aromatic carbocycles. The van der Waals surface area contributed by atoms with E-state index in [4.69, 9.17) is 20.9 Å². The molecule has 8 heteroatoms. The maximum absolute atomic E-state index is 12.6. The van der Waals surface area contributed by atoms with Gasteiger partial charge in [-0.05, 0) is 57.9 Å². The fourth-order valence-electron chi connectivity index (χ4n) is 3.16. The molecule has 0 bridgehead atoms. The number of nitrogens with zero attached hydrogens (tertiary/aromatic N) is 3. The summed E-state index contributed by atoms with van der Waals surface area (Å²) in [6.07, 6.45) is 0. The Labute approximate surface area is 175 Å². The lowest BCUT2D eigenvalue weighted by Crippen LogP contribution is -2.29. The standard InChI is InChI=1S/C21H25ClN4O3/c1-12-8-13(2)10-17(9-12)28-11-18-16(5)29-25-20(18)21(27)23-6-7-26-15(4)19(22)14(3)24-26/h8-10H,6-7,11H2,1-5H3,(H,23,27). The zero-order chi connectivity index (χ0) is 21.1. The van der Waals surface area contributed by atoms with Gasteiger partial charge in [-0.1, -0.05) is 22.8 Å². The van der Waals surface area contributed by atoms with Crippen molar-refractivity contribution in [1.82, 2.24) is 20.3 Å². The number of aryl methyl sites for hydroxylation is 4. The van der Waals surface area contributed by atoms with Gasteiger partial charge in [-0.25, -0.2) is 0 Å². The Morgan fingerprint density at radius 1 is 1.17 bits per heavy atom. The normalized spacial score (nSPS) is 11.0. The second-order valence-corrected chi connectivity index (χ2v) is 7.52. The minimum absolute atomic E-state index is 0.202. The second-order valence-electron chi connectivity index (χ2n) is 7.14. The Hall–Kier alpha value is -2.80. The topological polar surface area (TPSA) is 82.2 Å². The van der Waals surface area contributed by atoms with Crippen molar-refractivity contribution >= 4 is 17.5 Å². The van der Waals surface area contributed by atoms with Crippen molar-refractivity contribution in [2.24, 2.45) is 0 Å². The Morgan fingerprint density at radius 3 is 2.48 bits per heavy atom. The van der Waals surface area contributed by atoms with E-state index >= 15 is 0 Å². The predicted molar refractivity (Wildman–Crippen MR) is 111 cm³/mol. The quantitative estimate of drug-likeness (QED) is 0.627. The summed E-state index contributed by atoms with van der Waals surface area (Å²) < 4.78 is 12.9. The molecule has 0 saturated carbocycles. The van der Waals surface area contributed by atoms with Crippen molar-refractivity contribution in [2.75, 3.05) is 6.54 Å². The molecule has 3 aromatic rings. The lowest BCUT2D eigenvalue weighted by atomic mass is 10.1. The van der Waals surface area contributed by atoms with Crippen molar-refractivity contribution in [2.45, 2.75) is 47.8 Å². The second kappa shape index (κ2) is 8.69. The molecule has 0 fully saturated rings. The summed E-state index contributed by atoms with van der Waals surface area (Å²) in [5.41, 5.74) is 4.74. The van der Waals surface area contributed by atoms with Gasteiger partial charge < -0.3 is 14.6 Å². The molecular formula is C21H25ClN4O3. The van der Waals surface area contributed by atoms with Gasteiger partial charge in [0.1, 0.15) is 18.1 Å². The van der Waals surface area contributed by atoms with Crippen molar-refractivity contribution in [3.05, 3.63) is 62.8 Å². The average molecular weight is 417 g/mol. The Morgan fingerprint density at radius 2 is 1.86 bits per heavy atom. The molecule has 2 heterocycles. The van der Waals surface area contributed by atoms with Gasteiger partial charge >= 0.3 is 0 Å². The molecule has 154 valence electrons. The summed E-state index contributed by atoms with van der Waals surface area (Å²) in [7, 11) is 0. The fraction of sp³-hybridized carbons (Fsp3) is 0.381. The van der Waals surface area contributed by atoms with Gasteiger partial charge in [0.05, 0.1) is 28.5 Å². The maximum atomic E-state index is 12.6. The van der Waals surface area contributed by atoms with Gasteiger partial charge in [-0.15, -0.1) is 0 Å². The monoisotopic (exact) mass is 416 g/mol. The molecule has 3 rings (SSSR count). The molecule has 7 nitrogen and oxygen atoms in total. The summed E-state index contributed by atoms with van der Waals surface area (Å²) in [4.78, 5) is 12.6. The largest absolute Gasteiger partial charge is 0.489 e. The van der Waals surface area contributed by atoms with Crippen LogP contribution in [0.25, 0.3) is 0 Å². The van der Waals surface area contributed by atoms with Crippen LogP contribution in [0.15, 0.2) is 22.7 Å². The molecule has 0 radical (unpaired) electrons. The van der Waals surface area contributed by atoms with E-state index in [0.29, 0.717) is 29.4 Å². The summed E-state index contributed by atoms with van der Waals surface area (Å²) in [5, 5.41) is 11.8. The van der Waals surface area contributed by atoms with Crippen LogP contribution >= 0.6 is 11.6 Å². The van der Waals surface area contributed by atoms with Crippen LogP contribution in [0, 0.1) is 34.6 Å². The number of nitrogens with one attached hydrogen (secondary N) is 1. The van der Waals surface area contributed by atoms with Crippen LogP contribution in [-0.4, -0.2) is 27.4 Å². The first-order valence-electron chi connectivity index (χ1n) is 9.40. The third-order valence-electron chi connectivity index (χ3n) is 4.68. The zero-order valence-corrected chi connectivity index (χ0v) is 18.1. The van der Waals surface area contributed by atoms with Crippen molar-refractivity contribution in [3.8, 4) is 5.75 Å². The number of rotatable bonds is 7. The van der Waals surface area contributed by atoms with Gasteiger partial charge in [0.2, 0.25) is 0 Å². The first kappa shape index (κ1) is 20.9. The molecule has 29 heavy (non-hydrogen) atoms. The lowest BCUT2D eigenvalue weighted by Gasteiger charge is -2.09. The van der Waals surface area contributed by atoms with Gasteiger partial charge in [0, 0.05) is 6.54 Å². The number of aromatic nitrogens is 3. The highest BCUT2D eigenvalue weighted by Gasteiger charge is 2.20. The predicted octanol–water partition coefficient (Wildman–Crippen LogP) is 4.08. The van der Waals surface area contributed by atoms with Crippen molar-refractivity contribution in [1.29, 1.82) is 0 Å². The van der Waals surface area contributed by atoms with Crippen LogP contribution in [0.2, 0.25) is 5.02 Å². The van der Waals surface area contributed by atoms with E-state index in [9.17, 15) is 4.79 Å². The molecule has 0 aliphatic rings. The average Bonchev–Trinajstić information content (AvgIpc) is 3.14. The van der Waals surface area contributed by atoms with Gasteiger partial charge in [-0.2, -0.15) is 5.10 Å². The molecule has 0 unspecified atom stereocenters. The molecule has 1 N–H and O–H groups in total. The maximum Gasteiger partial charge on any atom is 0.273 e. The van der Waals surface area contributed by atoms with E-state index in [-0.39, 0.29) is 18.2 Å². The van der Waals surface area contributed by atoms with Gasteiger partial charge in [0.25, 0.3) is 5.91 Å². The van der Waals surface area contributed by atoms with Crippen LogP contribution in [0.5, 0.6) is 5.75 Å². The molecule has 0 saturated heterocycles. The van der Waals surface area contributed by atoms with E-state index < -0.39 is 0 Å². The summed E-state index contributed by atoms with van der Waals surface area (Å²) in [5.74, 6) is 0.995. The number of carbonyl (C=O) groups is 1.